The van der Waals surface area contributed by atoms with Gasteiger partial charge in [-0.25, -0.2) is 18.1 Å². The molecule has 1 aromatic heterocycles. The van der Waals surface area contributed by atoms with Crippen molar-refractivity contribution in [3.05, 3.63) is 24.0 Å². The van der Waals surface area contributed by atoms with E-state index >= 15 is 0 Å². The fourth-order valence-electron chi connectivity index (χ4n) is 1.23. The summed E-state index contributed by atoms with van der Waals surface area (Å²) in [6.07, 6.45) is 1.08. The molecule has 1 heterocycles. The number of amides is 1. The van der Waals surface area contributed by atoms with Crippen LogP contribution in [-0.4, -0.2) is 32.4 Å². The van der Waals surface area contributed by atoms with E-state index in [4.69, 9.17) is 5.26 Å². The molecule has 8 heteroatoms. The maximum atomic E-state index is 11.9. The number of carbonyl (C=O) groups excluding carboxylic acids is 1. The highest BCUT2D eigenvalue weighted by atomic mass is 32.2. The van der Waals surface area contributed by atoms with Crippen molar-refractivity contribution in [2.75, 3.05) is 13.1 Å². The zero-order chi connectivity index (χ0) is 15.2. The standard InChI is InChI=1S/C12H16N4O3S/c1-9(2)6-15-12(17)8-16-20(18,19)11-4-3-10(5-13)14-7-11/h3-4,7,9,16H,6,8H2,1-2H3,(H,15,17). The number of pyridine rings is 1. The summed E-state index contributed by atoms with van der Waals surface area (Å²) in [5.74, 6) is -0.109. The molecule has 0 bridgehead atoms. The van der Waals surface area contributed by atoms with Crippen LogP contribution in [0.15, 0.2) is 23.2 Å². The Kier molecular flexibility index (Phi) is 5.61. The van der Waals surface area contributed by atoms with Gasteiger partial charge in [0.05, 0.1) is 6.54 Å². The molecule has 1 aromatic rings. The minimum atomic E-state index is -3.80. The maximum absolute atomic E-state index is 11.9. The third kappa shape index (κ3) is 4.95. The van der Waals surface area contributed by atoms with Gasteiger partial charge < -0.3 is 5.32 Å². The fraction of sp³-hybridized carbons (Fsp3) is 0.417. The molecule has 0 radical (unpaired) electrons. The molecule has 0 aliphatic heterocycles. The fourth-order valence-corrected chi connectivity index (χ4v) is 2.16. The van der Waals surface area contributed by atoms with Crippen LogP contribution in [0, 0.1) is 17.2 Å². The van der Waals surface area contributed by atoms with Crippen LogP contribution < -0.4 is 10.0 Å². The third-order valence-corrected chi connectivity index (χ3v) is 3.68. The average Bonchev–Trinajstić information content (AvgIpc) is 2.43. The Bertz CT molecular complexity index is 603. The van der Waals surface area contributed by atoms with E-state index < -0.39 is 15.9 Å². The quantitative estimate of drug-likeness (QED) is 0.767. The lowest BCUT2D eigenvalue weighted by Gasteiger charge is -2.09. The molecule has 0 spiro atoms. The molecule has 1 amide bonds. The number of nitriles is 1. The first-order chi connectivity index (χ1) is 9.35. The number of rotatable bonds is 6. The summed E-state index contributed by atoms with van der Waals surface area (Å²) < 4.78 is 25.9. The van der Waals surface area contributed by atoms with Gasteiger partial charge in [0, 0.05) is 12.7 Å². The van der Waals surface area contributed by atoms with Crippen molar-refractivity contribution in [3.63, 3.8) is 0 Å². The number of aromatic nitrogens is 1. The zero-order valence-electron chi connectivity index (χ0n) is 11.3. The monoisotopic (exact) mass is 296 g/mol. The molecule has 0 unspecified atom stereocenters. The van der Waals surface area contributed by atoms with Gasteiger partial charge in [0.2, 0.25) is 15.9 Å². The van der Waals surface area contributed by atoms with E-state index in [2.05, 4.69) is 15.0 Å². The highest BCUT2D eigenvalue weighted by Gasteiger charge is 2.15. The smallest absolute Gasteiger partial charge is 0.242 e. The van der Waals surface area contributed by atoms with Gasteiger partial charge in [-0.1, -0.05) is 13.8 Å². The molecule has 0 aliphatic carbocycles. The lowest BCUT2D eigenvalue weighted by Crippen LogP contribution is -2.38. The highest BCUT2D eigenvalue weighted by Crippen LogP contribution is 2.06. The van der Waals surface area contributed by atoms with Crippen molar-refractivity contribution >= 4 is 15.9 Å². The van der Waals surface area contributed by atoms with E-state index in [0.717, 1.165) is 6.20 Å². The minimum Gasteiger partial charge on any atom is -0.355 e. The van der Waals surface area contributed by atoms with Gasteiger partial charge in [0.25, 0.3) is 0 Å². The number of carbonyl (C=O) groups is 1. The molecule has 0 aliphatic rings. The maximum Gasteiger partial charge on any atom is 0.242 e. The Hall–Kier alpha value is -1.98. The van der Waals surface area contributed by atoms with Gasteiger partial charge >= 0.3 is 0 Å². The largest absolute Gasteiger partial charge is 0.355 e. The Balaban J connectivity index is 2.61. The SMILES string of the molecule is CC(C)CNC(=O)CNS(=O)(=O)c1ccc(C#N)nc1. The molecule has 1 rings (SSSR count). The van der Waals surface area contributed by atoms with Crippen LogP contribution in [0.5, 0.6) is 0 Å². The average molecular weight is 296 g/mol. The summed E-state index contributed by atoms with van der Waals surface area (Å²) in [6, 6.07) is 4.36. The number of hydrogen-bond donors (Lipinski definition) is 2. The molecule has 0 fully saturated rings. The molecule has 0 saturated heterocycles. The van der Waals surface area contributed by atoms with Crippen molar-refractivity contribution in [1.29, 1.82) is 5.26 Å². The molecular formula is C12H16N4O3S. The van der Waals surface area contributed by atoms with E-state index in [1.807, 2.05) is 13.8 Å². The van der Waals surface area contributed by atoms with Crippen LogP contribution >= 0.6 is 0 Å². The van der Waals surface area contributed by atoms with Gasteiger partial charge in [-0.2, -0.15) is 5.26 Å². The molecule has 2 N–H and O–H groups in total. The van der Waals surface area contributed by atoms with E-state index in [1.165, 1.54) is 12.1 Å². The lowest BCUT2D eigenvalue weighted by atomic mass is 10.2. The second kappa shape index (κ2) is 6.98. The van der Waals surface area contributed by atoms with Crippen molar-refractivity contribution in [2.24, 2.45) is 5.92 Å². The molecule has 0 saturated carbocycles. The van der Waals surface area contributed by atoms with Gasteiger partial charge in [-0.15, -0.1) is 0 Å². The predicted octanol–water partition coefficient (Wildman–Crippen LogP) is 0.00378. The summed E-state index contributed by atoms with van der Waals surface area (Å²) >= 11 is 0. The van der Waals surface area contributed by atoms with E-state index in [-0.39, 0.29) is 17.1 Å². The van der Waals surface area contributed by atoms with Crippen molar-refractivity contribution in [3.8, 4) is 6.07 Å². The highest BCUT2D eigenvalue weighted by molar-refractivity contribution is 7.89. The zero-order valence-corrected chi connectivity index (χ0v) is 12.1. The van der Waals surface area contributed by atoms with Gasteiger partial charge in [-0.05, 0) is 18.1 Å². The van der Waals surface area contributed by atoms with Crippen LogP contribution in [-0.2, 0) is 14.8 Å². The van der Waals surface area contributed by atoms with Gasteiger partial charge in [0.15, 0.2) is 0 Å². The summed E-state index contributed by atoms with van der Waals surface area (Å²) in [5.41, 5.74) is 0.124. The van der Waals surface area contributed by atoms with E-state index in [1.54, 1.807) is 6.07 Å². The Labute approximate surface area is 118 Å². The first kappa shape index (κ1) is 16.1. The second-order valence-electron chi connectivity index (χ2n) is 4.51. The van der Waals surface area contributed by atoms with Crippen molar-refractivity contribution < 1.29 is 13.2 Å². The van der Waals surface area contributed by atoms with Crippen molar-refractivity contribution in [1.82, 2.24) is 15.0 Å². The summed E-state index contributed by atoms with van der Waals surface area (Å²) in [6.45, 7) is 4.02. The third-order valence-electron chi connectivity index (χ3n) is 2.29. The van der Waals surface area contributed by atoms with Crippen LogP contribution in [0.4, 0.5) is 0 Å². The van der Waals surface area contributed by atoms with Crippen LogP contribution in [0.3, 0.4) is 0 Å². The summed E-state index contributed by atoms with van der Waals surface area (Å²) in [4.78, 5) is 15.0. The number of sulfonamides is 1. The minimum absolute atomic E-state index is 0.0897. The number of nitrogens with one attached hydrogen (secondary N) is 2. The second-order valence-corrected chi connectivity index (χ2v) is 6.28. The Morgan fingerprint density at radius 1 is 1.45 bits per heavy atom. The molecular weight excluding hydrogens is 280 g/mol. The van der Waals surface area contributed by atoms with Crippen LogP contribution in [0.2, 0.25) is 0 Å². The Morgan fingerprint density at radius 2 is 2.15 bits per heavy atom. The molecule has 108 valence electrons. The lowest BCUT2D eigenvalue weighted by molar-refractivity contribution is -0.120. The summed E-state index contributed by atoms with van der Waals surface area (Å²) in [7, 11) is -3.80. The Morgan fingerprint density at radius 3 is 2.65 bits per heavy atom. The molecule has 7 nitrogen and oxygen atoms in total. The summed E-state index contributed by atoms with van der Waals surface area (Å²) in [5, 5.41) is 11.2. The number of hydrogen-bond acceptors (Lipinski definition) is 5. The molecule has 0 atom stereocenters. The number of nitrogens with zero attached hydrogens (tertiary/aromatic N) is 2. The van der Waals surface area contributed by atoms with E-state index in [9.17, 15) is 13.2 Å². The topological polar surface area (TPSA) is 112 Å². The first-order valence-electron chi connectivity index (χ1n) is 5.97. The van der Waals surface area contributed by atoms with Crippen molar-refractivity contribution in [2.45, 2.75) is 18.7 Å². The predicted molar refractivity (Wildman–Crippen MR) is 72.0 cm³/mol. The van der Waals surface area contributed by atoms with Gasteiger partial charge in [0.1, 0.15) is 16.7 Å². The molecule has 20 heavy (non-hydrogen) atoms. The first-order valence-corrected chi connectivity index (χ1v) is 7.46. The van der Waals surface area contributed by atoms with E-state index in [0.29, 0.717) is 12.5 Å². The van der Waals surface area contributed by atoms with Crippen LogP contribution in [0.1, 0.15) is 19.5 Å². The van der Waals surface area contributed by atoms with Crippen LogP contribution in [0.25, 0.3) is 0 Å². The molecule has 0 aromatic carbocycles. The normalized spacial score (nSPS) is 11.1. The van der Waals surface area contributed by atoms with Gasteiger partial charge in [-0.3, -0.25) is 4.79 Å².